The second-order valence-corrected chi connectivity index (χ2v) is 7.52. The van der Waals surface area contributed by atoms with Crippen LogP contribution in [0.1, 0.15) is 28.4 Å². The van der Waals surface area contributed by atoms with Crippen LogP contribution in [-0.2, 0) is 27.9 Å². The molecule has 0 aliphatic rings. The topological polar surface area (TPSA) is 84.5 Å². The van der Waals surface area contributed by atoms with Crippen LogP contribution in [0.4, 0.5) is 0 Å². The van der Waals surface area contributed by atoms with E-state index in [4.69, 9.17) is 4.74 Å². The van der Waals surface area contributed by atoms with Crippen LogP contribution < -0.4 is 10.0 Å². The number of hydrogen-bond acceptors (Lipinski definition) is 4. The lowest BCUT2D eigenvalue weighted by atomic mass is 10.1. The van der Waals surface area contributed by atoms with E-state index < -0.39 is 10.0 Å². The van der Waals surface area contributed by atoms with Gasteiger partial charge in [0.1, 0.15) is 0 Å². The molecule has 27 heavy (non-hydrogen) atoms. The summed E-state index contributed by atoms with van der Waals surface area (Å²) in [6.07, 6.45) is 1.45. The van der Waals surface area contributed by atoms with Crippen molar-refractivity contribution in [2.24, 2.45) is 0 Å². The fourth-order valence-corrected chi connectivity index (χ4v) is 3.46. The van der Waals surface area contributed by atoms with E-state index in [0.717, 1.165) is 11.1 Å². The van der Waals surface area contributed by atoms with Gasteiger partial charge in [-0.05, 0) is 36.2 Å². The van der Waals surface area contributed by atoms with Gasteiger partial charge in [-0.1, -0.05) is 36.4 Å². The standard InChI is InChI=1S/C20H24N2O4S/c1-3-12-22-27(24,25)19-11-7-10-16(13-19)20(23)21-14-17-8-5-6-9-18(17)15-26-4-2/h3,5-11,13,22H,1,4,12,14-15H2,2H3,(H,21,23). The molecule has 0 saturated heterocycles. The van der Waals surface area contributed by atoms with Crippen molar-refractivity contribution in [2.75, 3.05) is 13.2 Å². The van der Waals surface area contributed by atoms with Gasteiger partial charge in [-0.2, -0.15) is 0 Å². The second kappa shape index (κ2) is 10.0. The third-order valence-electron chi connectivity index (χ3n) is 3.84. The number of hydrogen-bond donors (Lipinski definition) is 2. The number of carbonyl (C=O) groups excluding carboxylic acids is 1. The van der Waals surface area contributed by atoms with Crippen LogP contribution in [0.5, 0.6) is 0 Å². The quantitative estimate of drug-likeness (QED) is 0.613. The molecule has 6 nitrogen and oxygen atoms in total. The van der Waals surface area contributed by atoms with E-state index in [0.29, 0.717) is 19.8 Å². The largest absolute Gasteiger partial charge is 0.377 e. The van der Waals surface area contributed by atoms with Crippen molar-refractivity contribution in [3.63, 3.8) is 0 Å². The second-order valence-electron chi connectivity index (χ2n) is 5.76. The first kappa shape index (κ1) is 20.8. The van der Waals surface area contributed by atoms with Crippen LogP contribution in [0.2, 0.25) is 0 Å². The summed E-state index contributed by atoms with van der Waals surface area (Å²) in [5.41, 5.74) is 2.24. The summed E-state index contributed by atoms with van der Waals surface area (Å²) < 4.78 is 32.2. The van der Waals surface area contributed by atoms with Gasteiger partial charge < -0.3 is 10.1 Å². The van der Waals surface area contributed by atoms with Crippen LogP contribution in [0.25, 0.3) is 0 Å². The lowest BCUT2D eigenvalue weighted by Crippen LogP contribution is -2.26. The lowest BCUT2D eigenvalue weighted by molar-refractivity contribution is 0.0949. The molecular weight excluding hydrogens is 364 g/mol. The van der Waals surface area contributed by atoms with E-state index in [2.05, 4.69) is 16.6 Å². The van der Waals surface area contributed by atoms with Gasteiger partial charge in [0.2, 0.25) is 10.0 Å². The molecule has 0 fully saturated rings. The molecule has 2 aromatic carbocycles. The van der Waals surface area contributed by atoms with Crippen LogP contribution in [0.15, 0.2) is 66.1 Å². The summed E-state index contributed by atoms with van der Waals surface area (Å²) in [7, 11) is -3.68. The summed E-state index contributed by atoms with van der Waals surface area (Å²) in [5.74, 6) is -0.345. The Morgan fingerprint density at radius 3 is 2.59 bits per heavy atom. The molecule has 0 unspecified atom stereocenters. The number of ether oxygens (including phenoxy) is 1. The summed E-state index contributed by atoms with van der Waals surface area (Å²) in [4.78, 5) is 12.5. The van der Waals surface area contributed by atoms with Gasteiger partial charge in [0.05, 0.1) is 11.5 Å². The molecule has 0 aliphatic heterocycles. The molecule has 0 atom stereocenters. The molecule has 2 aromatic rings. The van der Waals surface area contributed by atoms with Crippen molar-refractivity contribution in [1.82, 2.24) is 10.0 Å². The van der Waals surface area contributed by atoms with E-state index in [1.54, 1.807) is 12.1 Å². The number of amides is 1. The zero-order chi connectivity index (χ0) is 19.7. The Bertz CT molecular complexity index is 894. The van der Waals surface area contributed by atoms with Crippen molar-refractivity contribution in [3.8, 4) is 0 Å². The van der Waals surface area contributed by atoms with Gasteiger partial charge in [-0.3, -0.25) is 4.79 Å². The zero-order valence-electron chi connectivity index (χ0n) is 15.3. The molecule has 7 heteroatoms. The van der Waals surface area contributed by atoms with Gasteiger partial charge in [0.25, 0.3) is 5.91 Å². The van der Waals surface area contributed by atoms with E-state index in [9.17, 15) is 13.2 Å². The lowest BCUT2D eigenvalue weighted by Gasteiger charge is -2.11. The number of nitrogens with one attached hydrogen (secondary N) is 2. The van der Waals surface area contributed by atoms with Crippen LogP contribution >= 0.6 is 0 Å². The predicted octanol–water partition coefficient (Wildman–Crippen LogP) is 2.62. The van der Waals surface area contributed by atoms with E-state index in [1.807, 2.05) is 31.2 Å². The van der Waals surface area contributed by atoms with Gasteiger partial charge in [-0.15, -0.1) is 6.58 Å². The molecule has 2 N–H and O–H groups in total. The molecule has 1 amide bonds. The SMILES string of the molecule is C=CCNS(=O)(=O)c1cccc(C(=O)NCc2ccccc2COCC)c1. The van der Waals surface area contributed by atoms with Crippen molar-refractivity contribution in [3.05, 3.63) is 77.9 Å². The summed E-state index contributed by atoms with van der Waals surface area (Å²) in [5, 5.41) is 2.83. The van der Waals surface area contributed by atoms with E-state index in [1.165, 1.54) is 18.2 Å². The summed E-state index contributed by atoms with van der Waals surface area (Å²) in [6, 6.07) is 13.6. The fourth-order valence-electron chi connectivity index (χ4n) is 2.42. The predicted molar refractivity (Wildman–Crippen MR) is 105 cm³/mol. The first-order chi connectivity index (χ1) is 13.0. The Kier molecular flexibility index (Phi) is 7.72. The van der Waals surface area contributed by atoms with Crippen LogP contribution in [0.3, 0.4) is 0 Å². The van der Waals surface area contributed by atoms with Gasteiger partial charge in [0, 0.05) is 25.3 Å². The minimum absolute atomic E-state index is 0.0359. The van der Waals surface area contributed by atoms with Crippen molar-refractivity contribution in [1.29, 1.82) is 0 Å². The van der Waals surface area contributed by atoms with Gasteiger partial charge >= 0.3 is 0 Å². The molecule has 0 radical (unpaired) electrons. The third-order valence-corrected chi connectivity index (χ3v) is 5.26. The van der Waals surface area contributed by atoms with Crippen LogP contribution in [0, 0.1) is 0 Å². The first-order valence-electron chi connectivity index (χ1n) is 8.61. The maximum absolute atomic E-state index is 12.5. The number of benzene rings is 2. The maximum Gasteiger partial charge on any atom is 0.251 e. The molecule has 0 saturated carbocycles. The highest BCUT2D eigenvalue weighted by molar-refractivity contribution is 7.89. The normalized spacial score (nSPS) is 11.1. The van der Waals surface area contributed by atoms with Crippen molar-refractivity contribution in [2.45, 2.75) is 25.0 Å². The van der Waals surface area contributed by atoms with E-state index >= 15 is 0 Å². The Morgan fingerprint density at radius 1 is 1.15 bits per heavy atom. The highest BCUT2D eigenvalue weighted by atomic mass is 32.2. The summed E-state index contributed by atoms with van der Waals surface area (Å²) in [6.45, 7) is 6.95. The average Bonchev–Trinajstić information content (AvgIpc) is 2.69. The molecule has 0 aliphatic carbocycles. The maximum atomic E-state index is 12.5. The molecule has 0 bridgehead atoms. The molecule has 0 aromatic heterocycles. The number of carbonyl (C=O) groups is 1. The minimum Gasteiger partial charge on any atom is -0.377 e. The smallest absolute Gasteiger partial charge is 0.251 e. The molecule has 2 rings (SSSR count). The van der Waals surface area contributed by atoms with Crippen molar-refractivity contribution >= 4 is 15.9 Å². The third kappa shape index (κ3) is 6.02. The highest BCUT2D eigenvalue weighted by Crippen LogP contribution is 2.13. The van der Waals surface area contributed by atoms with Crippen molar-refractivity contribution < 1.29 is 17.9 Å². The minimum atomic E-state index is -3.68. The first-order valence-corrected chi connectivity index (χ1v) is 10.1. The number of sulfonamides is 1. The molecule has 0 heterocycles. The highest BCUT2D eigenvalue weighted by Gasteiger charge is 2.15. The summed E-state index contributed by atoms with van der Waals surface area (Å²) >= 11 is 0. The van der Waals surface area contributed by atoms with Crippen LogP contribution in [-0.4, -0.2) is 27.5 Å². The average molecular weight is 388 g/mol. The Labute approximate surface area is 160 Å². The Balaban J connectivity index is 2.09. The fraction of sp³-hybridized carbons (Fsp3) is 0.250. The van der Waals surface area contributed by atoms with E-state index in [-0.39, 0.29) is 22.9 Å². The molecule has 0 spiro atoms. The zero-order valence-corrected chi connectivity index (χ0v) is 16.1. The van der Waals surface area contributed by atoms with Gasteiger partial charge in [-0.25, -0.2) is 13.1 Å². The Hall–Kier alpha value is -2.48. The number of rotatable bonds is 10. The monoisotopic (exact) mass is 388 g/mol. The van der Waals surface area contributed by atoms with Gasteiger partial charge in [0.15, 0.2) is 0 Å². The Morgan fingerprint density at radius 2 is 1.89 bits per heavy atom. The molecular formula is C20H24N2O4S. The molecule has 144 valence electrons.